The van der Waals surface area contributed by atoms with Crippen LogP contribution in [0.25, 0.3) is 0 Å². The van der Waals surface area contributed by atoms with Gasteiger partial charge in [-0.2, -0.15) is 0 Å². The number of carbonyl (C=O) groups excluding carboxylic acids is 1. The number of amides is 1. The highest BCUT2D eigenvalue weighted by molar-refractivity contribution is 7.92. The minimum absolute atomic E-state index is 0.0441. The van der Waals surface area contributed by atoms with E-state index in [0.29, 0.717) is 23.5 Å². The van der Waals surface area contributed by atoms with Crippen molar-refractivity contribution >= 4 is 21.6 Å². The van der Waals surface area contributed by atoms with Gasteiger partial charge in [0.1, 0.15) is 5.75 Å². The Labute approximate surface area is 161 Å². The molecule has 0 spiro atoms. The van der Waals surface area contributed by atoms with Gasteiger partial charge in [-0.05, 0) is 55.3 Å². The predicted octanol–water partition coefficient (Wildman–Crippen LogP) is 3.72. The third-order valence-corrected chi connectivity index (χ3v) is 5.55. The van der Waals surface area contributed by atoms with Crippen LogP contribution in [0, 0.1) is 6.92 Å². The molecule has 2 aromatic carbocycles. The summed E-state index contributed by atoms with van der Waals surface area (Å²) in [5.41, 5.74) is 1.51. The maximum atomic E-state index is 12.7. The van der Waals surface area contributed by atoms with Gasteiger partial charge in [-0.3, -0.25) is 9.52 Å². The number of aryl methyl sites for hydroxylation is 1. The summed E-state index contributed by atoms with van der Waals surface area (Å²) >= 11 is 0. The molecule has 0 atom stereocenters. The van der Waals surface area contributed by atoms with E-state index < -0.39 is 10.0 Å². The van der Waals surface area contributed by atoms with E-state index in [1.54, 1.807) is 44.4 Å². The molecule has 0 radical (unpaired) electrons. The Morgan fingerprint density at radius 2 is 1.78 bits per heavy atom. The molecule has 0 bridgehead atoms. The Kier molecular flexibility index (Phi) is 7.24. The largest absolute Gasteiger partial charge is 0.497 e. The highest BCUT2D eigenvalue weighted by Gasteiger charge is 2.18. The zero-order chi connectivity index (χ0) is 19.9. The van der Waals surface area contributed by atoms with Gasteiger partial charge in [0.2, 0.25) is 0 Å². The molecule has 0 aliphatic rings. The first kappa shape index (κ1) is 20.8. The molecule has 0 aliphatic heterocycles. The van der Waals surface area contributed by atoms with Crippen molar-refractivity contribution in [1.29, 1.82) is 0 Å². The molecule has 0 heterocycles. The van der Waals surface area contributed by atoms with Gasteiger partial charge in [-0.1, -0.05) is 25.8 Å². The zero-order valence-corrected chi connectivity index (χ0v) is 16.7. The summed E-state index contributed by atoms with van der Waals surface area (Å²) in [6, 6.07) is 11.1. The summed E-state index contributed by atoms with van der Waals surface area (Å²) in [5, 5.41) is 2.85. The second-order valence-corrected chi connectivity index (χ2v) is 7.96. The van der Waals surface area contributed by atoms with Gasteiger partial charge in [-0.25, -0.2) is 8.42 Å². The van der Waals surface area contributed by atoms with Crippen molar-refractivity contribution in [2.75, 3.05) is 18.4 Å². The zero-order valence-electron chi connectivity index (χ0n) is 15.9. The molecule has 7 heteroatoms. The van der Waals surface area contributed by atoms with Crippen LogP contribution in [-0.2, 0) is 10.0 Å². The van der Waals surface area contributed by atoms with Crippen molar-refractivity contribution in [3.05, 3.63) is 53.6 Å². The van der Waals surface area contributed by atoms with Crippen molar-refractivity contribution in [2.45, 2.75) is 38.0 Å². The number of hydrogen-bond acceptors (Lipinski definition) is 4. The minimum Gasteiger partial charge on any atom is -0.497 e. The van der Waals surface area contributed by atoms with E-state index in [4.69, 9.17) is 4.74 Å². The van der Waals surface area contributed by atoms with Gasteiger partial charge in [-0.15, -0.1) is 0 Å². The molecule has 146 valence electrons. The number of methoxy groups -OCH3 is 1. The van der Waals surface area contributed by atoms with Gasteiger partial charge in [0.05, 0.1) is 12.0 Å². The number of carbonyl (C=O) groups is 1. The van der Waals surface area contributed by atoms with Crippen LogP contribution in [0.15, 0.2) is 47.4 Å². The fourth-order valence-electron chi connectivity index (χ4n) is 2.56. The first-order valence-electron chi connectivity index (χ1n) is 8.93. The van der Waals surface area contributed by atoms with Crippen LogP contribution in [0.4, 0.5) is 5.69 Å². The fraction of sp³-hybridized carbons (Fsp3) is 0.350. The average Bonchev–Trinajstić information content (AvgIpc) is 2.65. The lowest BCUT2D eigenvalue weighted by Gasteiger charge is -2.12. The summed E-state index contributed by atoms with van der Waals surface area (Å²) < 4.78 is 32.9. The molecular weight excluding hydrogens is 364 g/mol. The van der Waals surface area contributed by atoms with E-state index in [0.717, 1.165) is 24.8 Å². The van der Waals surface area contributed by atoms with Gasteiger partial charge >= 0.3 is 0 Å². The SMILES string of the molecule is CCCCCNC(=O)c1cc(S(=O)(=O)Nc2ccc(OC)cc2)ccc1C. The minimum atomic E-state index is -3.81. The standard InChI is InChI=1S/C20H26N2O4S/c1-4-5-6-13-21-20(23)19-14-18(12-7-15(19)2)27(24,25)22-16-8-10-17(26-3)11-9-16/h7-12,14,22H,4-6,13H2,1-3H3,(H,21,23). The lowest BCUT2D eigenvalue weighted by Crippen LogP contribution is -2.25. The van der Waals surface area contributed by atoms with Crippen molar-refractivity contribution in [1.82, 2.24) is 5.32 Å². The molecule has 2 N–H and O–H groups in total. The van der Waals surface area contributed by atoms with E-state index in [1.165, 1.54) is 12.1 Å². The molecule has 27 heavy (non-hydrogen) atoms. The summed E-state index contributed by atoms with van der Waals surface area (Å²) in [7, 11) is -2.26. The van der Waals surface area contributed by atoms with E-state index in [9.17, 15) is 13.2 Å². The molecule has 0 fully saturated rings. The maximum absolute atomic E-state index is 12.7. The van der Waals surface area contributed by atoms with Gasteiger partial charge in [0.15, 0.2) is 0 Å². The van der Waals surface area contributed by atoms with Crippen LogP contribution in [0.1, 0.15) is 42.1 Å². The monoisotopic (exact) mass is 390 g/mol. The summed E-state index contributed by atoms with van der Waals surface area (Å²) in [6.07, 6.45) is 3.01. The van der Waals surface area contributed by atoms with Crippen molar-refractivity contribution in [2.24, 2.45) is 0 Å². The average molecular weight is 391 g/mol. The highest BCUT2D eigenvalue weighted by Crippen LogP contribution is 2.21. The van der Waals surface area contributed by atoms with E-state index >= 15 is 0 Å². The van der Waals surface area contributed by atoms with Crippen molar-refractivity contribution in [3.63, 3.8) is 0 Å². The third-order valence-electron chi connectivity index (χ3n) is 4.17. The molecule has 2 aromatic rings. The Hall–Kier alpha value is -2.54. The highest BCUT2D eigenvalue weighted by atomic mass is 32.2. The number of anilines is 1. The number of rotatable bonds is 9. The molecule has 0 saturated carbocycles. The Morgan fingerprint density at radius 1 is 1.07 bits per heavy atom. The van der Waals surface area contributed by atoms with Crippen LogP contribution in [-0.4, -0.2) is 28.0 Å². The van der Waals surface area contributed by atoms with Crippen LogP contribution in [0.5, 0.6) is 5.75 Å². The molecule has 0 aromatic heterocycles. The van der Waals surface area contributed by atoms with Crippen molar-refractivity contribution in [3.8, 4) is 5.75 Å². The Morgan fingerprint density at radius 3 is 2.41 bits per heavy atom. The normalized spacial score (nSPS) is 11.1. The molecule has 6 nitrogen and oxygen atoms in total. The molecule has 1 amide bonds. The van der Waals surface area contributed by atoms with Gasteiger partial charge in [0, 0.05) is 17.8 Å². The topological polar surface area (TPSA) is 84.5 Å². The van der Waals surface area contributed by atoms with E-state index in [1.807, 2.05) is 0 Å². The van der Waals surface area contributed by atoms with E-state index in [2.05, 4.69) is 17.0 Å². The molecule has 2 rings (SSSR count). The quantitative estimate of drug-likeness (QED) is 0.639. The smallest absolute Gasteiger partial charge is 0.261 e. The summed E-state index contributed by atoms with van der Waals surface area (Å²) in [4.78, 5) is 12.4. The number of nitrogens with one attached hydrogen (secondary N) is 2. The first-order valence-corrected chi connectivity index (χ1v) is 10.4. The molecular formula is C20H26N2O4S. The number of unbranched alkanes of at least 4 members (excludes halogenated alkanes) is 2. The Balaban J connectivity index is 2.17. The number of sulfonamides is 1. The van der Waals surface area contributed by atoms with E-state index in [-0.39, 0.29) is 10.8 Å². The fourth-order valence-corrected chi connectivity index (χ4v) is 3.64. The first-order chi connectivity index (χ1) is 12.9. The number of ether oxygens (including phenoxy) is 1. The second kappa shape index (κ2) is 9.41. The number of benzene rings is 2. The molecule has 0 unspecified atom stereocenters. The Bertz CT molecular complexity index is 877. The predicted molar refractivity (Wildman–Crippen MR) is 107 cm³/mol. The third kappa shape index (κ3) is 5.72. The van der Waals surface area contributed by atoms with Crippen LogP contribution in [0.2, 0.25) is 0 Å². The van der Waals surface area contributed by atoms with Gasteiger partial charge in [0.25, 0.3) is 15.9 Å². The maximum Gasteiger partial charge on any atom is 0.261 e. The van der Waals surface area contributed by atoms with Crippen LogP contribution in [0.3, 0.4) is 0 Å². The van der Waals surface area contributed by atoms with Crippen molar-refractivity contribution < 1.29 is 17.9 Å². The molecule has 0 aliphatic carbocycles. The number of hydrogen-bond donors (Lipinski definition) is 2. The molecule has 0 saturated heterocycles. The van der Waals surface area contributed by atoms with Gasteiger partial charge < -0.3 is 10.1 Å². The lowest BCUT2D eigenvalue weighted by atomic mass is 10.1. The second-order valence-electron chi connectivity index (χ2n) is 6.27. The summed E-state index contributed by atoms with van der Waals surface area (Å²) in [5.74, 6) is 0.375. The summed E-state index contributed by atoms with van der Waals surface area (Å²) in [6.45, 7) is 4.46. The lowest BCUT2D eigenvalue weighted by molar-refractivity contribution is 0.0952. The van der Waals surface area contributed by atoms with Crippen LogP contribution >= 0.6 is 0 Å². The van der Waals surface area contributed by atoms with Crippen LogP contribution < -0.4 is 14.8 Å².